The van der Waals surface area contributed by atoms with Crippen LogP contribution in [0.4, 0.5) is 10.5 Å². The van der Waals surface area contributed by atoms with E-state index in [-0.39, 0.29) is 11.4 Å². The van der Waals surface area contributed by atoms with Crippen molar-refractivity contribution >= 4 is 21.8 Å². The molecule has 0 unspecified atom stereocenters. The minimum atomic E-state index is -3.79. The number of benzene rings is 1. The summed E-state index contributed by atoms with van der Waals surface area (Å²) in [4.78, 5) is 14.3. The van der Waals surface area contributed by atoms with E-state index >= 15 is 0 Å². The van der Waals surface area contributed by atoms with Crippen LogP contribution >= 0.6 is 0 Å². The van der Waals surface area contributed by atoms with Crippen LogP contribution in [-0.4, -0.2) is 41.0 Å². The van der Waals surface area contributed by atoms with Crippen LogP contribution in [-0.2, 0) is 10.0 Å². The summed E-state index contributed by atoms with van der Waals surface area (Å²) in [7, 11) is -3.79. The monoisotopic (exact) mass is 311 g/mol. The Kier molecular flexibility index (Phi) is 4.08. The fourth-order valence-electron chi connectivity index (χ4n) is 1.67. The number of carbonyl (C=O) groups is 1. The SMILES string of the molecule is CCN(C(=O)O)c1ccc(S(=O)(=O)Nn2cnnc2)cc1. The van der Waals surface area contributed by atoms with Crippen molar-refractivity contribution < 1.29 is 18.3 Å². The molecule has 1 aromatic carbocycles. The number of carboxylic acid groups (broad SMARTS) is 1. The molecule has 2 rings (SSSR count). The van der Waals surface area contributed by atoms with Crippen LogP contribution in [0, 0.1) is 0 Å². The third-order valence-corrected chi connectivity index (χ3v) is 3.99. The quantitative estimate of drug-likeness (QED) is 0.840. The minimum absolute atomic E-state index is 0.00129. The maximum Gasteiger partial charge on any atom is 0.411 e. The predicted octanol–water partition coefficient (Wildman–Crippen LogP) is 0.715. The molecule has 9 nitrogen and oxygen atoms in total. The van der Waals surface area contributed by atoms with E-state index in [1.807, 2.05) is 0 Å². The van der Waals surface area contributed by atoms with Gasteiger partial charge in [-0.2, -0.15) is 8.42 Å². The Hall–Kier alpha value is -2.62. The van der Waals surface area contributed by atoms with E-state index in [0.29, 0.717) is 5.69 Å². The van der Waals surface area contributed by atoms with Crippen LogP contribution in [0.1, 0.15) is 6.92 Å². The Bertz CT molecular complexity index is 712. The summed E-state index contributed by atoms with van der Waals surface area (Å²) >= 11 is 0. The highest BCUT2D eigenvalue weighted by molar-refractivity contribution is 7.92. The molecule has 0 spiro atoms. The average molecular weight is 311 g/mol. The molecule has 1 amide bonds. The first-order chi connectivity index (χ1) is 9.94. The fraction of sp³-hybridized carbons (Fsp3) is 0.182. The van der Waals surface area contributed by atoms with Crippen LogP contribution in [0.2, 0.25) is 0 Å². The van der Waals surface area contributed by atoms with Gasteiger partial charge in [0.25, 0.3) is 10.0 Å². The van der Waals surface area contributed by atoms with E-state index in [1.54, 1.807) is 6.92 Å². The summed E-state index contributed by atoms with van der Waals surface area (Å²) in [6.45, 7) is 1.95. The molecule has 0 radical (unpaired) electrons. The Morgan fingerprint density at radius 3 is 2.33 bits per heavy atom. The Morgan fingerprint density at radius 1 is 1.29 bits per heavy atom. The highest BCUT2D eigenvalue weighted by Crippen LogP contribution is 2.18. The van der Waals surface area contributed by atoms with Crippen molar-refractivity contribution in [2.24, 2.45) is 0 Å². The number of aromatic nitrogens is 3. The first kappa shape index (κ1) is 14.8. The van der Waals surface area contributed by atoms with Gasteiger partial charge in [-0.1, -0.05) is 0 Å². The topological polar surface area (TPSA) is 117 Å². The van der Waals surface area contributed by atoms with Gasteiger partial charge in [0.1, 0.15) is 12.7 Å². The summed E-state index contributed by atoms with van der Waals surface area (Å²) in [5.74, 6) is 0. The molecule has 0 bridgehead atoms. The summed E-state index contributed by atoms with van der Waals surface area (Å²) in [6.07, 6.45) is 1.31. The molecule has 2 aromatic rings. The molecule has 1 heterocycles. The molecule has 0 saturated heterocycles. The van der Waals surface area contributed by atoms with E-state index in [2.05, 4.69) is 15.0 Å². The molecule has 0 aliphatic rings. The lowest BCUT2D eigenvalue weighted by molar-refractivity contribution is 0.202. The van der Waals surface area contributed by atoms with Crippen molar-refractivity contribution in [3.05, 3.63) is 36.9 Å². The Labute approximate surface area is 120 Å². The Morgan fingerprint density at radius 2 is 1.86 bits per heavy atom. The second kappa shape index (κ2) is 5.79. The number of amides is 1. The van der Waals surface area contributed by atoms with Gasteiger partial charge in [0.2, 0.25) is 0 Å². The van der Waals surface area contributed by atoms with E-state index in [9.17, 15) is 13.2 Å². The number of hydrogen-bond donors (Lipinski definition) is 2. The highest BCUT2D eigenvalue weighted by atomic mass is 32.2. The van der Waals surface area contributed by atoms with Crippen molar-refractivity contribution in [2.75, 3.05) is 16.3 Å². The second-order valence-corrected chi connectivity index (χ2v) is 5.65. The molecule has 0 fully saturated rings. The zero-order valence-electron chi connectivity index (χ0n) is 11.0. The second-order valence-electron chi connectivity index (χ2n) is 3.98. The molecule has 1 aromatic heterocycles. The maximum atomic E-state index is 12.1. The van der Waals surface area contributed by atoms with Gasteiger partial charge in [-0.3, -0.25) is 4.90 Å². The van der Waals surface area contributed by atoms with E-state index < -0.39 is 16.1 Å². The van der Waals surface area contributed by atoms with E-state index in [0.717, 1.165) is 9.58 Å². The molecule has 0 saturated carbocycles. The number of nitrogens with zero attached hydrogens (tertiary/aromatic N) is 4. The normalized spacial score (nSPS) is 11.1. The van der Waals surface area contributed by atoms with Gasteiger partial charge in [-0.25, -0.2) is 14.3 Å². The molecule has 10 heteroatoms. The van der Waals surface area contributed by atoms with Crippen LogP contribution in [0.25, 0.3) is 0 Å². The van der Waals surface area contributed by atoms with Gasteiger partial charge in [-0.15, -0.1) is 10.2 Å². The number of nitrogens with one attached hydrogen (secondary N) is 1. The molecule has 0 atom stereocenters. The van der Waals surface area contributed by atoms with Gasteiger partial charge < -0.3 is 5.11 Å². The fourth-order valence-corrected chi connectivity index (χ4v) is 2.64. The average Bonchev–Trinajstić information content (AvgIpc) is 2.92. The standard InChI is InChI=1S/C11H13N5O4S/c1-2-16(11(17)18)9-3-5-10(6-4-9)21(19,20)14-15-7-12-13-8-15/h3-8,14H,2H2,1H3,(H,17,18). The zero-order chi connectivity index (χ0) is 15.5. The van der Waals surface area contributed by atoms with Gasteiger partial charge in [0, 0.05) is 12.2 Å². The molecule has 21 heavy (non-hydrogen) atoms. The molecule has 0 aliphatic heterocycles. The van der Waals surface area contributed by atoms with Gasteiger partial charge in [-0.05, 0) is 31.2 Å². The summed E-state index contributed by atoms with van der Waals surface area (Å²) in [5, 5.41) is 16.0. The van der Waals surface area contributed by atoms with Gasteiger partial charge in [0.15, 0.2) is 0 Å². The Balaban J connectivity index is 2.24. The van der Waals surface area contributed by atoms with Gasteiger partial charge in [0.05, 0.1) is 4.90 Å². The van der Waals surface area contributed by atoms with Gasteiger partial charge >= 0.3 is 6.09 Å². The van der Waals surface area contributed by atoms with Crippen molar-refractivity contribution in [2.45, 2.75) is 11.8 Å². The lowest BCUT2D eigenvalue weighted by Gasteiger charge is -2.17. The number of sulfonamides is 1. The molecule has 0 aliphatic carbocycles. The third-order valence-electron chi connectivity index (χ3n) is 2.65. The van der Waals surface area contributed by atoms with E-state index in [1.165, 1.54) is 36.9 Å². The summed E-state index contributed by atoms with van der Waals surface area (Å²) in [6, 6.07) is 5.51. The zero-order valence-corrected chi connectivity index (χ0v) is 11.9. The van der Waals surface area contributed by atoms with E-state index in [4.69, 9.17) is 5.11 Å². The maximum absolute atomic E-state index is 12.1. The number of rotatable bonds is 5. The molecular weight excluding hydrogens is 298 g/mol. The van der Waals surface area contributed by atoms with Crippen molar-refractivity contribution in [3.8, 4) is 0 Å². The molecule has 2 N–H and O–H groups in total. The number of hydrogen-bond acceptors (Lipinski definition) is 5. The summed E-state index contributed by atoms with van der Waals surface area (Å²) in [5.41, 5.74) is 0.397. The van der Waals surface area contributed by atoms with Crippen molar-refractivity contribution in [1.29, 1.82) is 0 Å². The smallest absolute Gasteiger partial charge is 0.411 e. The molecular formula is C11H13N5O4S. The number of anilines is 1. The lowest BCUT2D eigenvalue weighted by atomic mass is 10.3. The lowest BCUT2D eigenvalue weighted by Crippen LogP contribution is -2.28. The highest BCUT2D eigenvalue weighted by Gasteiger charge is 2.16. The minimum Gasteiger partial charge on any atom is -0.465 e. The first-order valence-electron chi connectivity index (χ1n) is 5.92. The van der Waals surface area contributed by atoms with Crippen molar-refractivity contribution in [1.82, 2.24) is 14.9 Å². The van der Waals surface area contributed by atoms with Crippen LogP contribution < -0.4 is 9.73 Å². The van der Waals surface area contributed by atoms with Crippen LogP contribution in [0.3, 0.4) is 0 Å². The first-order valence-corrected chi connectivity index (χ1v) is 7.40. The summed E-state index contributed by atoms with van der Waals surface area (Å²) < 4.78 is 25.2. The third kappa shape index (κ3) is 3.28. The van der Waals surface area contributed by atoms with Crippen molar-refractivity contribution in [3.63, 3.8) is 0 Å². The predicted molar refractivity (Wildman–Crippen MR) is 74.1 cm³/mol. The molecule has 112 valence electrons. The largest absolute Gasteiger partial charge is 0.465 e. The van der Waals surface area contributed by atoms with Crippen LogP contribution in [0.15, 0.2) is 41.8 Å². The van der Waals surface area contributed by atoms with Crippen LogP contribution in [0.5, 0.6) is 0 Å².